The van der Waals surface area contributed by atoms with E-state index in [2.05, 4.69) is 19.8 Å². The van der Waals surface area contributed by atoms with Gasteiger partial charge in [0.05, 0.1) is 19.7 Å². The minimum Gasteiger partial charge on any atom is -0.371 e. The van der Waals surface area contributed by atoms with Crippen LogP contribution in [0.25, 0.3) is 0 Å². The lowest BCUT2D eigenvalue weighted by Gasteiger charge is -2.52. The molecule has 1 unspecified atom stereocenters. The van der Waals surface area contributed by atoms with Crippen LogP contribution in [-0.2, 0) is 4.74 Å². The van der Waals surface area contributed by atoms with Crippen molar-refractivity contribution < 1.29 is 4.74 Å². The Morgan fingerprint density at radius 1 is 1.19 bits per heavy atom. The molecular weight excluding hydrogens is 264 g/mol. The molecule has 0 N–H and O–H groups in total. The second-order valence-corrected chi connectivity index (χ2v) is 6.81. The van der Waals surface area contributed by atoms with Gasteiger partial charge in [-0.3, -0.25) is 0 Å². The number of likely N-dealkylation sites (tertiary alicyclic amines) is 1. The van der Waals surface area contributed by atoms with Gasteiger partial charge < -0.3 is 14.5 Å². The van der Waals surface area contributed by atoms with Gasteiger partial charge >= 0.3 is 0 Å². The molecule has 4 heterocycles. The molecular formula is C16H24N4O. The van der Waals surface area contributed by atoms with Crippen molar-refractivity contribution in [2.45, 2.75) is 31.3 Å². The van der Waals surface area contributed by atoms with E-state index in [-0.39, 0.29) is 5.60 Å². The summed E-state index contributed by atoms with van der Waals surface area (Å²) in [4.78, 5) is 13.5. The van der Waals surface area contributed by atoms with E-state index in [9.17, 15) is 0 Å². The number of hydrogen-bond donors (Lipinski definition) is 0. The van der Waals surface area contributed by atoms with Gasteiger partial charge in [-0.05, 0) is 50.8 Å². The van der Waals surface area contributed by atoms with E-state index in [4.69, 9.17) is 4.74 Å². The quantitative estimate of drug-likeness (QED) is 0.844. The molecule has 0 saturated carbocycles. The molecule has 0 aliphatic carbocycles. The summed E-state index contributed by atoms with van der Waals surface area (Å²) in [5.41, 5.74) is 0.0840. The van der Waals surface area contributed by atoms with Crippen molar-refractivity contribution in [1.82, 2.24) is 14.9 Å². The van der Waals surface area contributed by atoms with Gasteiger partial charge in [0.1, 0.15) is 5.60 Å². The van der Waals surface area contributed by atoms with Crippen molar-refractivity contribution in [2.75, 3.05) is 44.2 Å². The number of nitrogens with zero attached hydrogens (tertiary/aromatic N) is 4. The number of hydrogen-bond acceptors (Lipinski definition) is 5. The Balaban J connectivity index is 1.26. The average Bonchev–Trinajstić information content (AvgIpc) is 3.00. The summed E-state index contributed by atoms with van der Waals surface area (Å²) in [6, 6.07) is 1.86. The summed E-state index contributed by atoms with van der Waals surface area (Å²) in [7, 11) is 0. The van der Waals surface area contributed by atoms with E-state index >= 15 is 0 Å². The molecule has 3 aliphatic rings. The van der Waals surface area contributed by atoms with Crippen molar-refractivity contribution in [2.24, 2.45) is 5.92 Å². The van der Waals surface area contributed by atoms with E-state index in [1.165, 1.54) is 45.3 Å². The molecule has 0 radical (unpaired) electrons. The van der Waals surface area contributed by atoms with Crippen LogP contribution in [0.3, 0.4) is 0 Å². The molecule has 3 saturated heterocycles. The SMILES string of the molecule is c1cnc(N2CC3(CCC(CN4CCCC4)CO3)C2)nc1. The van der Waals surface area contributed by atoms with Crippen molar-refractivity contribution in [3.05, 3.63) is 18.5 Å². The summed E-state index contributed by atoms with van der Waals surface area (Å²) in [5, 5.41) is 0. The first kappa shape index (κ1) is 13.5. The summed E-state index contributed by atoms with van der Waals surface area (Å²) < 4.78 is 6.25. The summed E-state index contributed by atoms with van der Waals surface area (Å²) in [5.74, 6) is 1.57. The van der Waals surface area contributed by atoms with Crippen LogP contribution in [0.1, 0.15) is 25.7 Å². The van der Waals surface area contributed by atoms with Crippen LogP contribution in [0.15, 0.2) is 18.5 Å². The van der Waals surface area contributed by atoms with Crippen LogP contribution in [0.2, 0.25) is 0 Å². The highest BCUT2D eigenvalue weighted by Gasteiger charge is 2.47. The van der Waals surface area contributed by atoms with Gasteiger partial charge in [0, 0.05) is 18.9 Å². The Morgan fingerprint density at radius 3 is 2.62 bits per heavy atom. The summed E-state index contributed by atoms with van der Waals surface area (Å²) in [6.45, 7) is 6.66. The molecule has 5 nitrogen and oxygen atoms in total. The number of aromatic nitrogens is 2. The van der Waals surface area contributed by atoms with Crippen LogP contribution >= 0.6 is 0 Å². The van der Waals surface area contributed by atoms with Crippen LogP contribution in [0.4, 0.5) is 5.95 Å². The lowest BCUT2D eigenvalue weighted by atomic mass is 9.83. The Labute approximate surface area is 126 Å². The minimum atomic E-state index is 0.0840. The van der Waals surface area contributed by atoms with Crippen LogP contribution in [-0.4, -0.2) is 59.8 Å². The fourth-order valence-electron chi connectivity index (χ4n) is 3.89. The fourth-order valence-corrected chi connectivity index (χ4v) is 3.89. The van der Waals surface area contributed by atoms with Crippen LogP contribution in [0, 0.1) is 5.92 Å². The molecule has 0 amide bonds. The van der Waals surface area contributed by atoms with Crippen molar-refractivity contribution in [3.63, 3.8) is 0 Å². The van der Waals surface area contributed by atoms with Crippen molar-refractivity contribution in [1.29, 1.82) is 0 Å². The van der Waals surface area contributed by atoms with Crippen molar-refractivity contribution in [3.8, 4) is 0 Å². The molecule has 0 bridgehead atoms. The fraction of sp³-hybridized carbons (Fsp3) is 0.750. The zero-order chi connectivity index (χ0) is 14.1. The first-order chi connectivity index (χ1) is 10.3. The highest BCUT2D eigenvalue weighted by atomic mass is 16.5. The van der Waals surface area contributed by atoms with E-state index in [1.54, 1.807) is 12.4 Å². The largest absolute Gasteiger partial charge is 0.371 e. The molecule has 114 valence electrons. The topological polar surface area (TPSA) is 41.5 Å². The van der Waals surface area contributed by atoms with Gasteiger partial charge in [0.15, 0.2) is 0 Å². The molecule has 3 fully saturated rings. The molecule has 5 heteroatoms. The van der Waals surface area contributed by atoms with Crippen molar-refractivity contribution >= 4 is 5.95 Å². The highest BCUT2D eigenvalue weighted by molar-refractivity contribution is 5.36. The highest BCUT2D eigenvalue weighted by Crippen LogP contribution is 2.37. The van der Waals surface area contributed by atoms with Gasteiger partial charge in [-0.25, -0.2) is 9.97 Å². The number of rotatable bonds is 3. The lowest BCUT2D eigenvalue weighted by molar-refractivity contribution is -0.119. The van der Waals surface area contributed by atoms with E-state index in [1.807, 2.05) is 6.07 Å². The normalized spacial score (nSPS) is 28.8. The van der Waals surface area contributed by atoms with E-state index in [0.29, 0.717) is 0 Å². The smallest absolute Gasteiger partial charge is 0.225 e. The zero-order valence-electron chi connectivity index (χ0n) is 12.6. The Morgan fingerprint density at radius 2 is 1.95 bits per heavy atom. The van der Waals surface area contributed by atoms with Crippen LogP contribution in [0.5, 0.6) is 0 Å². The standard InChI is InChI=1S/C16H24N4O/c1-2-9-19(8-1)10-14-4-5-16(21-11-14)12-20(13-16)15-17-6-3-7-18-15/h3,6-7,14H,1-2,4-5,8-13H2. The number of ether oxygens (including phenoxy) is 1. The van der Waals surface area contributed by atoms with Gasteiger partial charge in [-0.1, -0.05) is 0 Å². The maximum absolute atomic E-state index is 6.25. The maximum Gasteiger partial charge on any atom is 0.225 e. The molecule has 21 heavy (non-hydrogen) atoms. The Hall–Kier alpha value is -1.20. The van der Waals surface area contributed by atoms with E-state index in [0.717, 1.165) is 31.6 Å². The average molecular weight is 288 g/mol. The number of anilines is 1. The predicted octanol–water partition coefficient (Wildman–Crippen LogP) is 1.56. The maximum atomic E-state index is 6.25. The summed E-state index contributed by atoms with van der Waals surface area (Å²) in [6.07, 6.45) is 8.87. The molecule has 1 atom stereocenters. The Bertz CT molecular complexity index is 458. The third-order valence-corrected chi connectivity index (χ3v) is 5.14. The monoisotopic (exact) mass is 288 g/mol. The predicted molar refractivity (Wildman–Crippen MR) is 81.3 cm³/mol. The third-order valence-electron chi connectivity index (χ3n) is 5.14. The molecule has 1 aromatic heterocycles. The van der Waals surface area contributed by atoms with Crippen LogP contribution < -0.4 is 4.90 Å². The molecule has 1 spiro atoms. The first-order valence-corrected chi connectivity index (χ1v) is 8.21. The second-order valence-electron chi connectivity index (χ2n) is 6.81. The molecule has 4 rings (SSSR count). The molecule has 3 aliphatic heterocycles. The van der Waals surface area contributed by atoms with Gasteiger partial charge in [-0.2, -0.15) is 0 Å². The summed E-state index contributed by atoms with van der Waals surface area (Å²) >= 11 is 0. The lowest BCUT2D eigenvalue weighted by Crippen LogP contribution is -2.65. The molecule has 0 aromatic carbocycles. The van der Waals surface area contributed by atoms with Gasteiger partial charge in [0.2, 0.25) is 5.95 Å². The van der Waals surface area contributed by atoms with Gasteiger partial charge in [0.25, 0.3) is 0 Å². The zero-order valence-corrected chi connectivity index (χ0v) is 12.6. The van der Waals surface area contributed by atoms with Gasteiger partial charge in [-0.15, -0.1) is 0 Å². The Kier molecular flexibility index (Phi) is 3.55. The third kappa shape index (κ3) is 2.77. The molecule has 1 aromatic rings. The first-order valence-electron chi connectivity index (χ1n) is 8.21. The second kappa shape index (κ2) is 5.54. The van der Waals surface area contributed by atoms with E-state index < -0.39 is 0 Å². The minimum absolute atomic E-state index is 0.0840.